The molecule has 1 atom stereocenters. The highest BCUT2D eigenvalue weighted by atomic mass is 16.5. The van der Waals surface area contributed by atoms with Crippen molar-refractivity contribution in [1.29, 1.82) is 0 Å². The van der Waals surface area contributed by atoms with E-state index in [9.17, 15) is 0 Å². The van der Waals surface area contributed by atoms with Crippen LogP contribution in [0.1, 0.15) is 24.2 Å². The van der Waals surface area contributed by atoms with Crippen LogP contribution in [0, 0.1) is 12.8 Å². The van der Waals surface area contributed by atoms with Crippen LogP contribution in [0.2, 0.25) is 0 Å². The van der Waals surface area contributed by atoms with Crippen molar-refractivity contribution in [2.24, 2.45) is 5.92 Å². The molecule has 3 fully saturated rings. The third kappa shape index (κ3) is 1.76. The lowest BCUT2D eigenvalue weighted by atomic mass is 9.73. The maximum absolute atomic E-state index is 6.38. The van der Waals surface area contributed by atoms with Crippen molar-refractivity contribution in [3.63, 3.8) is 0 Å². The van der Waals surface area contributed by atoms with Crippen LogP contribution in [-0.4, -0.2) is 35.1 Å². The standard InChI is InChI=1S/C18H20N2O2/c1-12-2-3-16(21-12)14-8-13-9-18(22-17(13)19-10-14)11-20-6-4-15(18)5-7-20/h2-3,8,10,15H,4-7,9,11H2,1H3/t18-/m0/s1. The predicted molar refractivity (Wildman–Crippen MR) is 82.9 cm³/mol. The Bertz CT molecular complexity index is 730. The van der Waals surface area contributed by atoms with Gasteiger partial charge in [-0.2, -0.15) is 0 Å². The molecule has 4 aliphatic rings. The molecule has 0 aromatic carbocycles. The van der Waals surface area contributed by atoms with Gasteiger partial charge in [0.05, 0.1) is 0 Å². The number of rotatable bonds is 1. The fourth-order valence-corrected chi connectivity index (χ4v) is 4.43. The first-order valence-electron chi connectivity index (χ1n) is 8.19. The fourth-order valence-electron chi connectivity index (χ4n) is 4.43. The Hall–Kier alpha value is -1.81. The molecule has 6 rings (SSSR count). The van der Waals surface area contributed by atoms with E-state index in [0.29, 0.717) is 5.92 Å². The summed E-state index contributed by atoms with van der Waals surface area (Å²) in [5, 5.41) is 0. The van der Waals surface area contributed by atoms with Gasteiger partial charge in [-0.15, -0.1) is 0 Å². The number of aryl methyl sites for hydroxylation is 1. The maximum Gasteiger partial charge on any atom is 0.217 e. The molecule has 6 heterocycles. The second-order valence-corrected chi connectivity index (χ2v) is 6.99. The lowest BCUT2D eigenvalue weighted by Crippen LogP contribution is -2.61. The average molecular weight is 296 g/mol. The number of hydrogen-bond acceptors (Lipinski definition) is 4. The maximum atomic E-state index is 6.38. The molecule has 2 aromatic rings. The predicted octanol–water partition coefficient (Wildman–Crippen LogP) is 3.05. The van der Waals surface area contributed by atoms with Crippen molar-refractivity contribution in [2.75, 3.05) is 19.6 Å². The van der Waals surface area contributed by atoms with E-state index < -0.39 is 0 Å². The minimum Gasteiger partial charge on any atom is -0.469 e. The molecule has 4 heteroatoms. The SMILES string of the molecule is Cc1ccc(-c2cnc3c(c2)C[C@@]2(CN4CCC2CC4)O3)o1. The van der Waals surface area contributed by atoms with Gasteiger partial charge in [-0.05, 0) is 51.1 Å². The largest absolute Gasteiger partial charge is 0.469 e. The summed E-state index contributed by atoms with van der Waals surface area (Å²) in [6.07, 6.45) is 5.39. The number of furan rings is 1. The highest BCUT2D eigenvalue weighted by Crippen LogP contribution is 2.46. The van der Waals surface area contributed by atoms with Crippen molar-refractivity contribution < 1.29 is 9.15 Å². The second-order valence-electron chi connectivity index (χ2n) is 6.99. The van der Waals surface area contributed by atoms with Gasteiger partial charge < -0.3 is 9.15 Å². The van der Waals surface area contributed by atoms with Crippen LogP contribution in [-0.2, 0) is 6.42 Å². The van der Waals surface area contributed by atoms with Gasteiger partial charge in [-0.1, -0.05) is 0 Å². The van der Waals surface area contributed by atoms with Gasteiger partial charge in [0.2, 0.25) is 5.88 Å². The first-order chi connectivity index (χ1) is 10.7. The average Bonchev–Trinajstić information content (AvgIpc) is 3.11. The minimum atomic E-state index is -0.0243. The Morgan fingerprint density at radius 2 is 2.14 bits per heavy atom. The van der Waals surface area contributed by atoms with E-state index in [1.165, 1.54) is 31.5 Å². The summed E-state index contributed by atoms with van der Waals surface area (Å²) in [5.74, 6) is 3.34. The third-order valence-corrected chi connectivity index (χ3v) is 5.56. The zero-order chi connectivity index (χ0) is 14.7. The van der Waals surface area contributed by atoms with E-state index in [1.807, 2.05) is 25.3 Å². The third-order valence-electron chi connectivity index (χ3n) is 5.56. The summed E-state index contributed by atoms with van der Waals surface area (Å²) in [7, 11) is 0. The zero-order valence-corrected chi connectivity index (χ0v) is 12.8. The molecule has 4 nitrogen and oxygen atoms in total. The summed E-state index contributed by atoms with van der Waals surface area (Å²) in [5.41, 5.74) is 2.26. The molecule has 114 valence electrons. The molecular weight excluding hydrogens is 276 g/mol. The molecule has 4 aliphatic heterocycles. The Morgan fingerprint density at radius 1 is 1.27 bits per heavy atom. The van der Waals surface area contributed by atoms with Gasteiger partial charge in [-0.25, -0.2) is 4.98 Å². The van der Waals surface area contributed by atoms with E-state index in [2.05, 4.69) is 16.0 Å². The number of nitrogens with zero attached hydrogens (tertiary/aromatic N) is 2. The van der Waals surface area contributed by atoms with Crippen LogP contribution in [0.3, 0.4) is 0 Å². The topological polar surface area (TPSA) is 38.5 Å². The molecule has 2 aromatic heterocycles. The monoisotopic (exact) mass is 296 g/mol. The minimum absolute atomic E-state index is 0.0243. The van der Waals surface area contributed by atoms with Gasteiger partial charge in [0.1, 0.15) is 17.1 Å². The summed E-state index contributed by atoms with van der Waals surface area (Å²) in [6.45, 7) is 5.49. The van der Waals surface area contributed by atoms with Gasteiger partial charge in [0.25, 0.3) is 0 Å². The highest BCUT2D eigenvalue weighted by Gasteiger charge is 2.52. The number of hydrogen-bond donors (Lipinski definition) is 0. The van der Waals surface area contributed by atoms with Crippen molar-refractivity contribution >= 4 is 0 Å². The van der Waals surface area contributed by atoms with E-state index >= 15 is 0 Å². The first-order valence-corrected chi connectivity index (χ1v) is 8.19. The molecule has 2 bridgehead atoms. The molecule has 22 heavy (non-hydrogen) atoms. The molecule has 3 saturated heterocycles. The molecule has 0 unspecified atom stereocenters. The van der Waals surface area contributed by atoms with E-state index in [1.54, 1.807) is 0 Å². The van der Waals surface area contributed by atoms with Crippen molar-refractivity contribution in [2.45, 2.75) is 31.8 Å². The molecule has 1 spiro atoms. The number of aromatic nitrogens is 1. The Labute approximate surface area is 130 Å². The number of pyridine rings is 1. The summed E-state index contributed by atoms with van der Waals surface area (Å²) in [6, 6.07) is 6.21. The molecule has 0 radical (unpaired) electrons. The van der Waals surface area contributed by atoms with Gasteiger partial charge in [0.15, 0.2) is 0 Å². The molecule has 0 saturated carbocycles. The molecule has 0 N–H and O–H groups in total. The fraction of sp³-hybridized carbons (Fsp3) is 0.500. The summed E-state index contributed by atoms with van der Waals surface area (Å²) >= 11 is 0. The van der Waals surface area contributed by atoms with Crippen LogP contribution in [0.15, 0.2) is 28.8 Å². The smallest absolute Gasteiger partial charge is 0.217 e. The van der Waals surface area contributed by atoms with Crippen molar-refractivity contribution in [3.8, 4) is 17.2 Å². The lowest BCUT2D eigenvalue weighted by molar-refractivity contribution is -0.0814. The normalized spacial score (nSPS) is 32.2. The first kappa shape index (κ1) is 12.7. The van der Waals surface area contributed by atoms with Crippen molar-refractivity contribution in [3.05, 3.63) is 35.7 Å². The highest BCUT2D eigenvalue weighted by molar-refractivity contribution is 5.59. The molecular formula is C18H20N2O2. The van der Waals surface area contributed by atoms with Gasteiger partial charge >= 0.3 is 0 Å². The second kappa shape index (κ2) is 4.35. The Balaban J connectivity index is 1.49. The van der Waals surface area contributed by atoms with Crippen LogP contribution in [0.4, 0.5) is 0 Å². The van der Waals surface area contributed by atoms with Gasteiger partial charge in [-0.3, -0.25) is 4.90 Å². The number of piperidine rings is 3. The Morgan fingerprint density at radius 3 is 2.82 bits per heavy atom. The Kier molecular flexibility index (Phi) is 2.51. The molecule has 0 amide bonds. The number of fused-ring (bicyclic) bond motifs is 3. The number of ether oxygens (including phenoxy) is 1. The van der Waals surface area contributed by atoms with Gasteiger partial charge in [0, 0.05) is 36.2 Å². The quantitative estimate of drug-likeness (QED) is 0.811. The van der Waals surface area contributed by atoms with E-state index in [4.69, 9.17) is 9.15 Å². The molecule has 0 aliphatic carbocycles. The summed E-state index contributed by atoms with van der Waals surface area (Å²) < 4.78 is 12.1. The van der Waals surface area contributed by atoms with E-state index in [-0.39, 0.29) is 5.60 Å². The van der Waals surface area contributed by atoms with Crippen LogP contribution in [0.5, 0.6) is 5.88 Å². The van der Waals surface area contributed by atoms with Crippen LogP contribution >= 0.6 is 0 Å². The van der Waals surface area contributed by atoms with E-state index in [0.717, 1.165) is 35.9 Å². The van der Waals surface area contributed by atoms with Crippen LogP contribution in [0.25, 0.3) is 11.3 Å². The van der Waals surface area contributed by atoms with Crippen LogP contribution < -0.4 is 4.74 Å². The summed E-state index contributed by atoms with van der Waals surface area (Å²) in [4.78, 5) is 7.12. The zero-order valence-electron chi connectivity index (χ0n) is 12.8. The lowest BCUT2D eigenvalue weighted by Gasteiger charge is -2.50. The van der Waals surface area contributed by atoms with Crippen molar-refractivity contribution in [1.82, 2.24) is 9.88 Å².